The number of rotatable bonds is 29. The van der Waals surface area contributed by atoms with Gasteiger partial charge >= 0.3 is 236 Å². The van der Waals surface area contributed by atoms with Gasteiger partial charge in [0, 0.05) is 6.92 Å². The minimum atomic E-state index is -6.29. The van der Waals surface area contributed by atoms with Crippen LogP contribution in [0.5, 0.6) is 0 Å². The number of amides is 1. The summed E-state index contributed by atoms with van der Waals surface area (Å²) in [5.41, 5.74) is 0. The van der Waals surface area contributed by atoms with Gasteiger partial charge in [-0.3, -0.25) is 17.3 Å². The molecule has 0 bridgehead atoms. The van der Waals surface area contributed by atoms with E-state index in [-0.39, 0.29) is 236 Å². The standard InChI is InChI=1S/C41H67N3O47S5.8Na/c1-7(2)78-40-28(90-95(71,72)73)21(54)26(31(88-40)34(58)59)86-38-14(44-93(65,66)67)18(51)23(10(5-46)80-38)82-39-20(53)19(52)25(30(87-39)33(56)57)84-36-12(42-8(3)47)17(50)24(11(81-36)6-77-94(68,69)70)83-41-29(91-96(74,75)76)22(55)27(32(89-41)35(60)61)85-37-13(43-92(62,63)64)16(49)15(48)9(4-45)79-37;;;;;;;;/h7,9-32,36-41,43-46,48-55H,4-6H2,1-3H3,(H,42,47)(H,56,57)(H,58,59)(H,60,61)(H,62,63,64)(H,65,66,67)(H,68,69,70)(H,71,72,73)(H,74,75,76);;;;;;;;/q;8*+1/p-8/t9-,10-,11-,12-,13-,14-,15-,16-,17-,18-,19-,20-,21+,22+,23-,24-,25+,26+,27+,28-,29-,30-,31-,32-,36-,37-,38-,39-,40-,41-;;;;;;;;/m1......../s1. The van der Waals surface area contributed by atoms with E-state index in [1.165, 1.54) is 23.3 Å². The summed E-state index contributed by atoms with van der Waals surface area (Å²) < 4.78 is 258. The van der Waals surface area contributed by atoms with Crippen molar-refractivity contribution in [1.82, 2.24) is 14.8 Å². The SMILES string of the molecule is CC(=O)N[C@H]1[C@@H](O[C@H]2[C@H](O)[C@@H](O)[C@H](O[C@H]3[C@H](O)[C@@H](NS(=O)(=O)[O-])[C@@H](O[C@H]4[C@H](O)[C@@H](OS(=O)(=O)[O-])[C@H](OC(C)C)O[C@H]4C(=O)[O-])O[C@@H]3CO)O[C@H]2C(=O)[O-])O[C@H](COS(=O)(=O)[O-])[C@@H](O[C@@H]2O[C@@H](C(=O)[O-])[C@@H](O[C@H]3O[C@H](CO)[C@@H](O)[C@H](O)[C@H]3NS(=O)(=O)[O-])[C@H](O)[C@H]2OS(=O)(=O)[O-])[C@@H]1O.[Na+].[Na+].[Na+].[Na+].[Na+].[Na+].[Na+].[Na+]. The van der Waals surface area contributed by atoms with Crippen molar-refractivity contribution in [3.63, 3.8) is 0 Å². The molecule has 558 valence electrons. The van der Waals surface area contributed by atoms with Gasteiger partial charge in [0.25, 0.3) is 0 Å². The molecule has 6 aliphatic heterocycles. The van der Waals surface area contributed by atoms with Gasteiger partial charge in [-0.15, -0.1) is 0 Å². The summed E-state index contributed by atoms with van der Waals surface area (Å²) in [5.74, 6) is -8.73. The average molecular weight is 1690 g/mol. The number of hydrogen-bond acceptors (Lipinski definition) is 47. The molecule has 0 unspecified atom stereocenters. The second-order valence-corrected chi connectivity index (χ2v) is 26.8. The predicted molar refractivity (Wildman–Crippen MR) is 265 cm³/mol. The first kappa shape index (κ1) is 113. The van der Waals surface area contributed by atoms with Gasteiger partial charge < -0.3 is 166 Å². The first-order chi connectivity index (χ1) is 44.0. The second-order valence-electron chi connectivity index (χ2n) is 21.4. The number of aliphatic hydroxyl groups is 10. The zero-order valence-corrected chi connectivity index (χ0v) is 76.2. The van der Waals surface area contributed by atoms with Crippen molar-refractivity contribution < 1.29 is 456 Å². The summed E-state index contributed by atoms with van der Waals surface area (Å²) in [6, 6.07) is -7.73. The summed E-state index contributed by atoms with van der Waals surface area (Å²) in [6.07, 6.45) is -74.1. The fraction of sp³-hybridized carbons (Fsp3) is 0.902. The third-order valence-electron chi connectivity index (χ3n) is 14.3. The Balaban J connectivity index is -0.0000128. The summed E-state index contributed by atoms with van der Waals surface area (Å²) in [4.78, 5) is 50.6. The van der Waals surface area contributed by atoms with E-state index in [0.29, 0.717) is 6.92 Å². The number of ether oxygens (including phenoxy) is 12. The first-order valence-electron chi connectivity index (χ1n) is 26.8. The van der Waals surface area contributed by atoms with E-state index in [0.717, 1.165) is 0 Å². The number of nitrogens with one attached hydrogen (secondary N) is 3. The van der Waals surface area contributed by atoms with Crippen LogP contribution in [-0.4, -0.2) is 350 Å². The summed E-state index contributed by atoms with van der Waals surface area (Å²) in [5, 5.41) is 150. The first-order valence-corrected chi connectivity index (χ1v) is 33.6. The van der Waals surface area contributed by atoms with E-state index >= 15 is 0 Å². The van der Waals surface area contributed by atoms with E-state index in [9.17, 15) is 150 Å². The molecule has 6 fully saturated rings. The Morgan fingerprint density at radius 3 is 1.12 bits per heavy atom. The Hall–Kier alpha value is 4.35. The second kappa shape index (κ2) is 47.2. The maximum atomic E-state index is 12.9. The molecular weight excluding hydrogens is 1630 g/mol. The number of carboxylic acids is 3. The molecule has 1 amide bonds. The van der Waals surface area contributed by atoms with Gasteiger partial charge in [-0.05, 0) is 13.8 Å². The summed E-state index contributed by atoms with van der Waals surface area (Å²) in [6.45, 7) is -1.40. The smallest absolute Gasteiger partial charge is 0.735 e. The molecule has 0 aromatic rings. The van der Waals surface area contributed by atoms with E-state index in [1.807, 2.05) is 5.32 Å². The Morgan fingerprint density at radius 2 is 0.731 bits per heavy atom. The van der Waals surface area contributed by atoms with Crippen LogP contribution >= 0.6 is 0 Å². The molecule has 30 atom stereocenters. The molecule has 50 nitrogen and oxygen atoms in total. The summed E-state index contributed by atoms with van der Waals surface area (Å²) in [7, 11) is -29.8. The monoisotopic (exact) mass is 1690 g/mol. The maximum Gasteiger partial charge on any atom is 1.00 e. The fourth-order valence-electron chi connectivity index (χ4n) is 10.4. The van der Waals surface area contributed by atoms with Crippen molar-refractivity contribution in [3.05, 3.63) is 0 Å². The van der Waals surface area contributed by atoms with Crippen molar-refractivity contribution in [2.75, 3.05) is 19.8 Å². The van der Waals surface area contributed by atoms with E-state index in [2.05, 4.69) is 12.5 Å². The third kappa shape index (κ3) is 31.2. The minimum absolute atomic E-state index is 0. The van der Waals surface area contributed by atoms with Crippen molar-refractivity contribution in [1.29, 1.82) is 0 Å². The molecule has 0 spiro atoms. The molecule has 13 N–H and O–H groups in total. The van der Waals surface area contributed by atoms with Gasteiger partial charge in [-0.1, -0.05) is 0 Å². The molecular formula is C41H59N3Na8O47S5. The number of carbonyl (C=O) groups excluding carboxylic acids is 4. The van der Waals surface area contributed by atoms with Crippen molar-refractivity contribution in [3.8, 4) is 0 Å². The average Bonchev–Trinajstić information content (AvgIpc) is 0.768. The molecule has 6 rings (SSSR count). The molecule has 104 heavy (non-hydrogen) atoms. The molecule has 6 aliphatic rings. The molecule has 63 heteroatoms. The van der Waals surface area contributed by atoms with E-state index in [4.69, 9.17) is 56.8 Å². The molecule has 6 heterocycles. The van der Waals surface area contributed by atoms with Gasteiger partial charge in [-0.25, -0.2) is 51.5 Å². The normalized spacial score (nSPS) is 38.3. The van der Waals surface area contributed by atoms with Crippen molar-refractivity contribution in [2.24, 2.45) is 0 Å². The van der Waals surface area contributed by atoms with Crippen LogP contribution in [0.1, 0.15) is 20.8 Å². The Morgan fingerprint density at radius 1 is 0.394 bits per heavy atom. The molecule has 0 aromatic heterocycles. The quantitative estimate of drug-likeness (QED) is 0.0188. The molecule has 0 aromatic carbocycles. The zero-order chi connectivity index (χ0) is 72.6. The summed E-state index contributed by atoms with van der Waals surface area (Å²) >= 11 is 0. The Kier molecular flexibility index (Phi) is 51.1. The Bertz CT molecular complexity index is 3320. The maximum absolute atomic E-state index is 12.9. The Labute approximate surface area is 766 Å². The van der Waals surface area contributed by atoms with Gasteiger partial charge in [0.1, 0.15) is 134 Å². The molecule has 0 aliphatic carbocycles. The van der Waals surface area contributed by atoms with E-state index in [1.54, 1.807) is 0 Å². The number of aliphatic carboxylic acids is 3. The van der Waals surface area contributed by atoms with Crippen LogP contribution in [0.4, 0.5) is 0 Å². The van der Waals surface area contributed by atoms with Gasteiger partial charge in [0.2, 0.25) is 37.1 Å². The van der Waals surface area contributed by atoms with Gasteiger partial charge in [0.05, 0.1) is 43.8 Å². The van der Waals surface area contributed by atoms with Crippen LogP contribution in [0.25, 0.3) is 0 Å². The van der Waals surface area contributed by atoms with Crippen LogP contribution in [0.15, 0.2) is 0 Å². The molecule has 0 radical (unpaired) electrons. The number of hydrogen-bond donors (Lipinski definition) is 13. The van der Waals surface area contributed by atoms with Crippen molar-refractivity contribution >= 4 is 75.6 Å². The largest absolute Gasteiger partial charge is 1.00 e. The number of carbonyl (C=O) groups is 4. The van der Waals surface area contributed by atoms with Crippen molar-refractivity contribution in [2.45, 2.75) is 211 Å². The predicted octanol–water partition coefficient (Wildman–Crippen LogP) is -43.7. The van der Waals surface area contributed by atoms with Gasteiger partial charge in [-0.2, -0.15) is 0 Å². The van der Waals surface area contributed by atoms with Crippen LogP contribution in [0.2, 0.25) is 0 Å². The van der Waals surface area contributed by atoms with Crippen LogP contribution < -0.4 is 267 Å². The fourth-order valence-corrected chi connectivity index (χ4v) is 12.8. The minimum Gasteiger partial charge on any atom is -0.735 e. The number of aliphatic hydroxyl groups excluding tert-OH is 10. The van der Waals surface area contributed by atoms with Gasteiger partial charge in [0.15, 0.2) is 70.6 Å². The molecule has 6 saturated heterocycles. The van der Waals surface area contributed by atoms with Crippen LogP contribution in [0, 0.1) is 0 Å². The third-order valence-corrected chi connectivity index (χ3v) is 16.8. The molecule has 0 saturated carbocycles. The van der Waals surface area contributed by atoms with Crippen LogP contribution in [0.3, 0.4) is 0 Å². The zero-order valence-electron chi connectivity index (χ0n) is 56.1. The van der Waals surface area contributed by atoms with Crippen LogP contribution in [-0.2, 0) is 140 Å². The topological polar surface area (TPSA) is 800 Å². The van der Waals surface area contributed by atoms with E-state index < -0.39 is 286 Å². The number of carboxylic acid groups (broad SMARTS) is 3.